The van der Waals surface area contributed by atoms with Crippen molar-refractivity contribution in [3.05, 3.63) is 40.8 Å². The zero-order valence-corrected chi connectivity index (χ0v) is 9.07. The van der Waals surface area contributed by atoms with Gasteiger partial charge in [0.1, 0.15) is 0 Å². The van der Waals surface area contributed by atoms with E-state index in [2.05, 4.69) is 10.1 Å². The van der Waals surface area contributed by atoms with Crippen molar-refractivity contribution in [2.75, 3.05) is 0 Å². The maximum absolute atomic E-state index is 6.07. The molecule has 2 heterocycles. The smallest absolute Gasteiger partial charge is 0.172 e. The summed E-state index contributed by atoms with van der Waals surface area (Å²) in [6.45, 7) is 2.35. The Labute approximate surface area is 92.7 Å². The number of aryl methyl sites for hydroxylation is 1. The van der Waals surface area contributed by atoms with Crippen molar-refractivity contribution in [3.8, 4) is 5.82 Å². The average Bonchev–Trinajstić information content (AvgIpc) is 2.64. The van der Waals surface area contributed by atoms with Crippen molar-refractivity contribution in [1.29, 1.82) is 0 Å². The summed E-state index contributed by atoms with van der Waals surface area (Å²) >= 11 is 6.07. The maximum atomic E-state index is 6.07. The second kappa shape index (κ2) is 4.00. The summed E-state index contributed by atoms with van der Waals surface area (Å²) in [7, 11) is 0. The lowest BCUT2D eigenvalue weighted by Crippen LogP contribution is -2.03. The standard InChI is InChI=1S/C10H11ClN4/c1-7-2-3-15(14-7)10-9(11)4-8(5-12)6-13-10/h2-4,6H,5,12H2,1H3. The maximum Gasteiger partial charge on any atom is 0.172 e. The number of aromatic nitrogens is 3. The molecule has 0 saturated heterocycles. The zero-order chi connectivity index (χ0) is 10.8. The van der Waals surface area contributed by atoms with Gasteiger partial charge in [-0.15, -0.1) is 0 Å². The molecule has 78 valence electrons. The summed E-state index contributed by atoms with van der Waals surface area (Å²) < 4.78 is 1.65. The Morgan fingerprint density at radius 2 is 2.33 bits per heavy atom. The van der Waals surface area contributed by atoms with Crippen molar-refractivity contribution < 1.29 is 0 Å². The second-order valence-electron chi connectivity index (χ2n) is 3.25. The molecule has 2 rings (SSSR count). The minimum Gasteiger partial charge on any atom is -0.326 e. The molecule has 0 aromatic carbocycles. The largest absolute Gasteiger partial charge is 0.326 e. The molecule has 0 aliphatic carbocycles. The third-order valence-electron chi connectivity index (χ3n) is 2.05. The first-order chi connectivity index (χ1) is 7.20. The Morgan fingerprint density at radius 3 is 2.87 bits per heavy atom. The number of pyridine rings is 1. The van der Waals surface area contributed by atoms with Crippen LogP contribution in [0.1, 0.15) is 11.3 Å². The van der Waals surface area contributed by atoms with Crippen molar-refractivity contribution in [3.63, 3.8) is 0 Å². The van der Waals surface area contributed by atoms with Crippen molar-refractivity contribution in [1.82, 2.24) is 14.8 Å². The van der Waals surface area contributed by atoms with Gasteiger partial charge in [0.25, 0.3) is 0 Å². The van der Waals surface area contributed by atoms with Gasteiger partial charge in [0, 0.05) is 18.9 Å². The third kappa shape index (κ3) is 2.00. The summed E-state index contributed by atoms with van der Waals surface area (Å²) in [5, 5.41) is 4.79. The monoisotopic (exact) mass is 222 g/mol. The Hall–Kier alpha value is -1.39. The Kier molecular flexibility index (Phi) is 2.70. The van der Waals surface area contributed by atoms with Gasteiger partial charge >= 0.3 is 0 Å². The fraction of sp³-hybridized carbons (Fsp3) is 0.200. The van der Waals surface area contributed by atoms with Crippen LogP contribution in [-0.4, -0.2) is 14.8 Å². The molecule has 2 aromatic heterocycles. The first-order valence-corrected chi connectivity index (χ1v) is 4.95. The van der Waals surface area contributed by atoms with Gasteiger partial charge < -0.3 is 5.73 Å². The quantitative estimate of drug-likeness (QED) is 0.841. The van der Waals surface area contributed by atoms with E-state index in [0.29, 0.717) is 17.4 Å². The molecular weight excluding hydrogens is 212 g/mol. The first kappa shape index (κ1) is 10.1. The molecule has 0 saturated carbocycles. The summed E-state index contributed by atoms with van der Waals surface area (Å²) in [5.74, 6) is 0.627. The topological polar surface area (TPSA) is 56.7 Å². The van der Waals surface area contributed by atoms with Crippen LogP contribution in [-0.2, 0) is 6.54 Å². The first-order valence-electron chi connectivity index (χ1n) is 4.58. The number of nitrogens with zero attached hydrogens (tertiary/aromatic N) is 3. The minimum absolute atomic E-state index is 0.436. The Morgan fingerprint density at radius 1 is 1.53 bits per heavy atom. The Balaban J connectivity index is 2.45. The van der Waals surface area contributed by atoms with E-state index in [1.165, 1.54) is 0 Å². The molecule has 0 bridgehead atoms. The molecule has 0 unspecified atom stereocenters. The van der Waals surface area contributed by atoms with Crippen LogP contribution in [0.2, 0.25) is 5.02 Å². The molecule has 15 heavy (non-hydrogen) atoms. The van der Waals surface area contributed by atoms with E-state index in [1.54, 1.807) is 16.9 Å². The van der Waals surface area contributed by atoms with Crippen LogP contribution < -0.4 is 5.73 Å². The zero-order valence-electron chi connectivity index (χ0n) is 8.31. The summed E-state index contributed by atoms with van der Waals surface area (Å²) in [4.78, 5) is 4.22. The van der Waals surface area contributed by atoms with Gasteiger partial charge in [-0.1, -0.05) is 11.6 Å². The molecule has 0 fully saturated rings. The van der Waals surface area contributed by atoms with Crippen molar-refractivity contribution >= 4 is 11.6 Å². The summed E-state index contributed by atoms with van der Waals surface area (Å²) in [6, 6.07) is 3.70. The van der Waals surface area contributed by atoms with Crippen LogP contribution in [0.25, 0.3) is 5.82 Å². The molecule has 0 aliphatic heterocycles. The van der Waals surface area contributed by atoms with Crippen LogP contribution in [0.15, 0.2) is 24.5 Å². The normalized spacial score (nSPS) is 10.6. The van der Waals surface area contributed by atoms with Gasteiger partial charge in [-0.05, 0) is 24.6 Å². The van der Waals surface area contributed by atoms with E-state index < -0.39 is 0 Å². The highest BCUT2D eigenvalue weighted by atomic mass is 35.5. The van der Waals surface area contributed by atoms with E-state index in [1.807, 2.05) is 19.2 Å². The second-order valence-corrected chi connectivity index (χ2v) is 3.66. The number of nitrogens with two attached hydrogens (primary N) is 1. The highest BCUT2D eigenvalue weighted by molar-refractivity contribution is 6.32. The van der Waals surface area contributed by atoms with Gasteiger partial charge in [-0.3, -0.25) is 0 Å². The summed E-state index contributed by atoms with van der Waals surface area (Å²) in [6.07, 6.45) is 3.53. The van der Waals surface area contributed by atoms with E-state index in [4.69, 9.17) is 17.3 Å². The van der Waals surface area contributed by atoms with Gasteiger partial charge in [-0.2, -0.15) is 5.10 Å². The van der Waals surface area contributed by atoms with Crippen LogP contribution in [0.3, 0.4) is 0 Å². The lowest BCUT2D eigenvalue weighted by molar-refractivity contribution is 0.829. The number of rotatable bonds is 2. The van der Waals surface area contributed by atoms with E-state index in [0.717, 1.165) is 11.3 Å². The highest BCUT2D eigenvalue weighted by Gasteiger charge is 2.06. The van der Waals surface area contributed by atoms with Crippen LogP contribution in [0.4, 0.5) is 0 Å². The molecule has 2 aromatic rings. The van der Waals surface area contributed by atoms with E-state index in [9.17, 15) is 0 Å². The summed E-state index contributed by atoms with van der Waals surface area (Å²) in [5.41, 5.74) is 7.33. The van der Waals surface area contributed by atoms with E-state index in [-0.39, 0.29) is 0 Å². The Bertz CT molecular complexity index is 478. The molecule has 0 amide bonds. The van der Waals surface area contributed by atoms with Gasteiger partial charge in [0.15, 0.2) is 5.82 Å². The molecule has 0 spiro atoms. The molecule has 0 aliphatic rings. The lowest BCUT2D eigenvalue weighted by atomic mass is 10.3. The van der Waals surface area contributed by atoms with Crippen LogP contribution in [0, 0.1) is 6.92 Å². The number of hydrogen-bond acceptors (Lipinski definition) is 3. The third-order valence-corrected chi connectivity index (χ3v) is 2.33. The van der Waals surface area contributed by atoms with Crippen LogP contribution in [0.5, 0.6) is 0 Å². The average molecular weight is 223 g/mol. The van der Waals surface area contributed by atoms with Gasteiger partial charge in [-0.25, -0.2) is 9.67 Å². The molecule has 0 atom stereocenters. The van der Waals surface area contributed by atoms with Crippen molar-refractivity contribution in [2.45, 2.75) is 13.5 Å². The lowest BCUT2D eigenvalue weighted by Gasteiger charge is -2.04. The molecule has 0 radical (unpaired) electrons. The van der Waals surface area contributed by atoms with Crippen molar-refractivity contribution in [2.24, 2.45) is 5.73 Å². The number of hydrogen-bond donors (Lipinski definition) is 1. The number of halogens is 1. The molecular formula is C10H11ClN4. The fourth-order valence-corrected chi connectivity index (χ4v) is 1.56. The fourth-order valence-electron chi connectivity index (χ4n) is 1.28. The predicted octanol–water partition coefficient (Wildman–Crippen LogP) is 1.69. The minimum atomic E-state index is 0.436. The van der Waals surface area contributed by atoms with Gasteiger partial charge in [0.2, 0.25) is 0 Å². The highest BCUT2D eigenvalue weighted by Crippen LogP contribution is 2.18. The SMILES string of the molecule is Cc1ccn(-c2ncc(CN)cc2Cl)n1. The van der Waals surface area contributed by atoms with E-state index >= 15 is 0 Å². The molecule has 4 nitrogen and oxygen atoms in total. The predicted molar refractivity (Wildman–Crippen MR) is 59.0 cm³/mol. The van der Waals surface area contributed by atoms with Gasteiger partial charge in [0.05, 0.1) is 10.7 Å². The molecule has 2 N–H and O–H groups in total. The molecule has 5 heteroatoms. The van der Waals surface area contributed by atoms with Crippen LogP contribution >= 0.6 is 11.6 Å².